The maximum Gasteiger partial charge on any atom is 0.222 e. The Morgan fingerprint density at radius 2 is 2.24 bits per heavy atom. The Kier molecular flexibility index (Phi) is 3.43. The number of nitrogen functional groups attached to an aromatic ring is 1. The fraction of sp³-hybridized carbons (Fsp3) is 0.667. The van der Waals surface area contributed by atoms with Gasteiger partial charge >= 0.3 is 0 Å². The quantitative estimate of drug-likeness (QED) is 0.851. The first kappa shape index (κ1) is 12.4. The third-order valence-corrected chi connectivity index (χ3v) is 3.86. The lowest BCUT2D eigenvalue weighted by molar-refractivity contribution is 0.216. The molecule has 0 radical (unpaired) electrons. The zero-order valence-corrected chi connectivity index (χ0v) is 11.1. The molecule has 3 N–H and O–H groups in total. The molecule has 1 aliphatic carbocycles. The van der Waals surface area contributed by atoms with Gasteiger partial charge in [0.05, 0.1) is 6.20 Å². The number of nitrogens with one attached hydrogen (secondary N) is 1. The first-order chi connectivity index (χ1) is 7.99. The Morgan fingerprint density at radius 3 is 2.94 bits per heavy atom. The van der Waals surface area contributed by atoms with Crippen molar-refractivity contribution < 1.29 is 0 Å². The van der Waals surface area contributed by atoms with E-state index in [-0.39, 0.29) is 11.4 Å². The lowest BCUT2D eigenvalue weighted by Crippen LogP contribution is -2.39. The van der Waals surface area contributed by atoms with Gasteiger partial charge in [-0.3, -0.25) is 0 Å². The number of nitrogens with two attached hydrogens (primary N) is 1. The Bertz CT molecular complexity index is 405. The number of halogens is 1. The molecule has 0 saturated heterocycles. The van der Waals surface area contributed by atoms with Gasteiger partial charge in [-0.1, -0.05) is 38.3 Å². The van der Waals surface area contributed by atoms with Crippen LogP contribution in [0.25, 0.3) is 0 Å². The van der Waals surface area contributed by atoms with E-state index in [0.29, 0.717) is 16.9 Å². The van der Waals surface area contributed by atoms with Crippen molar-refractivity contribution >= 4 is 23.4 Å². The van der Waals surface area contributed by atoms with Gasteiger partial charge in [-0.25, -0.2) is 4.98 Å². The molecule has 1 aromatic heterocycles. The van der Waals surface area contributed by atoms with Crippen molar-refractivity contribution in [2.75, 3.05) is 11.1 Å². The van der Waals surface area contributed by atoms with Crippen molar-refractivity contribution in [2.24, 2.45) is 5.41 Å². The predicted octanol–water partition coefficient (Wildman–Crippen LogP) is 3.09. The standard InChI is InChI=1S/C12H19ClN4/c1-12(2)6-4-3-5-9(12)16-10-8(13)7-15-11(14)17-10/h7,9H,3-6H2,1-2H3,(H3,14,15,16,17). The molecule has 17 heavy (non-hydrogen) atoms. The Balaban J connectivity index is 2.16. The van der Waals surface area contributed by atoms with Crippen LogP contribution >= 0.6 is 11.6 Å². The smallest absolute Gasteiger partial charge is 0.222 e. The van der Waals surface area contributed by atoms with E-state index in [4.69, 9.17) is 17.3 Å². The van der Waals surface area contributed by atoms with Gasteiger partial charge < -0.3 is 11.1 Å². The summed E-state index contributed by atoms with van der Waals surface area (Å²) in [5.74, 6) is 0.907. The van der Waals surface area contributed by atoms with Crippen LogP contribution in [0.1, 0.15) is 39.5 Å². The van der Waals surface area contributed by atoms with Gasteiger partial charge in [0, 0.05) is 6.04 Å². The van der Waals surface area contributed by atoms with E-state index in [1.54, 1.807) is 6.20 Å². The van der Waals surface area contributed by atoms with E-state index < -0.39 is 0 Å². The van der Waals surface area contributed by atoms with Crippen molar-refractivity contribution in [1.82, 2.24) is 9.97 Å². The highest BCUT2D eigenvalue weighted by Gasteiger charge is 2.32. The van der Waals surface area contributed by atoms with Crippen LogP contribution in [0.3, 0.4) is 0 Å². The van der Waals surface area contributed by atoms with Gasteiger partial charge in [-0.05, 0) is 18.3 Å². The van der Waals surface area contributed by atoms with Crippen LogP contribution in [0.2, 0.25) is 5.02 Å². The monoisotopic (exact) mass is 254 g/mol. The van der Waals surface area contributed by atoms with Crippen LogP contribution in [0, 0.1) is 5.41 Å². The minimum absolute atomic E-state index is 0.255. The molecule has 2 rings (SSSR count). The van der Waals surface area contributed by atoms with E-state index in [0.717, 1.165) is 6.42 Å². The molecule has 4 nitrogen and oxygen atoms in total. The number of aromatic nitrogens is 2. The molecule has 1 aromatic rings. The van der Waals surface area contributed by atoms with Crippen LogP contribution < -0.4 is 11.1 Å². The summed E-state index contributed by atoms with van der Waals surface area (Å²) in [6.07, 6.45) is 6.46. The molecule has 0 aliphatic heterocycles. The molecule has 1 atom stereocenters. The maximum absolute atomic E-state index is 6.07. The molecule has 1 heterocycles. The first-order valence-corrected chi connectivity index (χ1v) is 6.41. The predicted molar refractivity (Wildman–Crippen MR) is 71.1 cm³/mol. The lowest BCUT2D eigenvalue weighted by Gasteiger charge is -2.39. The van der Waals surface area contributed by atoms with Crippen molar-refractivity contribution in [3.05, 3.63) is 11.2 Å². The highest BCUT2D eigenvalue weighted by molar-refractivity contribution is 6.32. The molecule has 5 heteroatoms. The van der Waals surface area contributed by atoms with Crippen LogP contribution in [-0.2, 0) is 0 Å². The number of hydrogen-bond acceptors (Lipinski definition) is 4. The molecule has 1 saturated carbocycles. The summed E-state index contributed by atoms with van der Waals surface area (Å²) in [7, 11) is 0. The minimum atomic E-state index is 0.255. The molecule has 1 fully saturated rings. The summed E-state index contributed by atoms with van der Waals surface area (Å²) >= 11 is 6.07. The third kappa shape index (κ3) is 2.80. The minimum Gasteiger partial charge on any atom is -0.368 e. The molecule has 1 unspecified atom stereocenters. The van der Waals surface area contributed by atoms with Crippen LogP contribution in [0.5, 0.6) is 0 Å². The van der Waals surface area contributed by atoms with Gasteiger partial charge in [-0.2, -0.15) is 4.98 Å². The Morgan fingerprint density at radius 1 is 1.47 bits per heavy atom. The van der Waals surface area contributed by atoms with Crippen molar-refractivity contribution in [3.8, 4) is 0 Å². The van der Waals surface area contributed by atoms with E-state index in [9.17, 15) is 0 Å². The average molecular weight is 255 g/mol. The zero-order chi connectivity index (χ0) is 12.5. The number of rotatable bonds is 2. The van der Waals surface area contributed by atoms with Crippen LogP contribution in [0.4, 0.5) is 11.8 Å². The molecule has 0 bridgehead atoms. The van der Waals surface area contributed by atoms with E-state index >= 15 is 0 Å². The molecular formula is C12H19ClN4. The zero-order valence-electron chi connectivity index (χ0n) is 10.3. The summed E-state index contributed by atoms with van der Waals surface area (Å²) in [5.41, 5.74) is 5.84. The van der Waals surface area contributed by atoms with Crippen molar-refractivity contribution in [2.45, 2.75) is 45.6 Å². The Hall–Kier alpha value is -1.03. The molecule has 0 aromatic carbocycles. The number of anilines is 2. The number of nitrogens with zero attached hydrogens (tertiary/aromatic N) is 2. The summed E-state index contributed by atoms with van der Waals surface area (Å²) < 4.78 is 0. The largest absolute Gasteiger partial charge is 0.368 e. The second-order valence-electron chi connectivity index (χ2n) is 5.36. The van der Waals surface area contributed by atoms with Crippen LogP contribution in [0.15, 0.2) is 6.20 Å². The van der Waals surface area contributed by atoms with E-state index in [2.05, 4.69) is 29.1 Å². The molecule has 94 valence electrons. The summed E-state index contributed by atoms with van der Waals surface area (Å²) in [5, 5.41) is 3.95. The van der Waals surface area contributed by atoms with E-state index in [1.807, 2.05) is 0 Å². The molecule has 1 aliphatic rings. The second-order valence-corrected chi connectivity index (χ2v) is 5.76. The Labute approximate surface area is 107 Å². The fourth-order valence-electron chi connectivity index (χ4n) is 2.41. The second kappa shape index (κ2) is 4.69. The normalized spacial score (nSPS) is 23.4. The SMILES string of the molecule is CC1(C)CCCCC1Nc1nc(N)ncc1Cl. The van der Waals surface area contributed by atoms with Crippen molar-refractivity contribution in [3.63, 3.8) is 0 Å². The average Bonchev–Trinajstić information content (AvgIpc) is 2.26. The fourth-order valence-corrected chi connectivity index (χ4v) is 2.55. The van der Waals surface area contributed by atoms with E-state index in [1.165, 1.54) is 19.3 Å². The van der Waals surface area contributed by atoms with Gasteiger partial charge in [0.1, 0.15) is 5.02 Å². The third-order valence-electron chi connectivity index (χ3n) is 3.58. The summed E-state index contributed by atoms with van der Waals surface area (Å²) in [6.45, 7) is 4.56. The van der Waals surface area contributed by atoms with Gasteiger partial charge in [0.2, 0.25) is 5.95 Å². The first-order valence-electron chi connectivity index (χ1n) is 6.03. The topological polar surface area (TPSA) is 63.8 Å². The maximum atomic E-state index is 6.07. The highest BCUT2D eigenvalue weighted by Crippen LogP contribution is 2.37. The van der Waals surface area contributed by atoms with Gasteiger partial charge in [-0.15, -0.1) is 0 Å². The summed E-state index contributed by atoms with van der Waals surface area (Å²) in [4.78, 5) is 8.02. The van der Waals surface area contributed by atoms with Gasteiger partial charge in [0.15, 0.2) is 5.82 Å². The molecule has 0 spiro atoms. The van der Waals surface area contributed by atoms with Crippen molar-refractivity contribution in [1.29, 1.82) is 0 Å². The van der Waals surface area contributed by atoms with Gasteiger partial charge in [0.25, 0.3) is 0 Å². The molecule has 0 amide bonds. The summed E-state index contributed by atoms with van der Waals surface area (Å²) in [6, 6.07) is 0.392. The molecular weight excluding hydrogens is 236 g/mol. The van der Waals surface area contributed by atoms with Crippen LogP contribution in [-0.4, -0.2) is 16.0 Å². The lowest BCUT2D eigenvalue weighted by atomic mass is 9.73. The number of hydrogen-bond donors (Lipinski definition) is 2. The highest BCUT2D eigenvalue weighted by atomic mass is 35.5.